The molecule has 0 N–H and O–H groups in total. The standard InChI is InChI=1S/C18H20N4O2/c23-17(13-14-2-3-16-15(12-14)4-11-24-16)21-7-9-22(10-8-21)18-19-5-1-6-20-18/h1-3,5-6,12H,4,7-11,13H2. The third-order valence-electron chi connectivity index (χ3n) is 4.58. The Morgan fingerprint density at radius 2 is 1.92 bits per heavy atom. The molecule has 1 amide bonds. The summed E-state index contributed by atoms with van der Waals surface area (Å²) < 4.78 is 5.52. The summed E-state index contributed by atoms with van der Waals surface area (Å²) in [7, 11) is 0. The fourth-order valence-corrected chi connectivity index (χ4v) is 3.25. The molecule has 124 valence electrons. The highest BCUT2D eigenvalue weighted by molar-refractivity contribution is 5.79. The second-order valence-electron chi connectivity index (χ2n) is 6.13. The molecule has 0 unspecified atom stereocenters. The molecule has 0 saturated carbocycles. The van der Waals surface area contributed by atoms with Gasteiger partial charge in [0.2, 0.25) is 11.9 Å². The van der Waals surface area contributed by atoms with E-state index < -0.39 is 0 Å². The molecule has 2 aliphatic heterocycles. The number of hydrogen-bond acceptors (Lipinski definition) is 5. The molecular formula is C18H20N4O2. The number of amides is 1. The minimum Gasteiger partial charge on any atom is -0.493 e. The van der Waals surface area contributed by atoms with Gasteiger partial charge in [0, 0.05) is 45.0 Å². The van der Waals surface area contributed by atoms with Crippen molar-refractivity contribution in [2.45, 2.75) is 12.8 Å². The maximum absolute atomic E-state index is 12.6. The van der Waals surface area contributed by atoms with Gasteiger partial charge in [-0.3, -0.25) is 4.79 Å². The van der Waals surface area contributed by atoms with Crippen molar-refractivity contribution in [3.63, 3.8) is 0 Å². The molecule has 2 aromatic rings. The molecule has 0 atom stereocenters. The Labute approximate surface area is 141 Å². The molecular weight excluding hydrogens is 304 g/mol. The van der Waals surface area contributed by atoms with Crippen molar-refractivity contribution in [1.29, 1.82) is 0 Å². The number of ether oxygens (including phenoxy) is 1. The zero-order chi connectivity index (χ0) is 16.4. The van der Waals surface area contributed by atoms with Crippen LogP contribution in [-0.4, -0.2) is 53.6 Å². The smallest absolute Gasteiger partial charge is 0.227 e. The molecule has 0 aliphatic carbocycles. The molecule has 0 radical (unpaired) electrons. The number of anilines is 1. The first-order valence-corrected chi connectivity index (χ1v) is 8.34. The molecule has 4 rings (SSSR count). The first-order valence-electron chi connectivity index (χ1n) is 8.34. The first-order chi connectivity index (χ1) is 11.8. The van der Waals surface area contributed by atoms with Gasteiger partial charge in [0.05, 0.1) is 13.0 Å². The van der Waals surface area contributed by atoms with E-state index in [-0.39, 0.29) is 5.91 Å². The van der Waals surface area contributed by atoms with Gasteiger partial charge in [-0.1, -0.05) is 12.1 Å². The van der Waals surface area contributed by atoms with Gasteiger partial charge in [0.1, 0.15) is 5.75 Å². The number of nitrogens with zero attached hydrogens (tertiary/aromatic N) is 4. The van der Waals surface area contributed by atoms with E-state index in [4.69, 9.17) is 4.74 Å². The van der Waals surface area contributed by atoms with E-state index in [1.54, 1.807) is 12.4 Å². The van der Waals surface area contributed by atoms with Crippen LogP contribution in [0.5, 0.6) is 5.75 Å². The summed E-state index contributed by atoms with van der Waals surface area (Å²) in [6, 6.07) is 7.89. The molecule has 24 heavy (non-hydrogen) atoms. The average molecular weight is 324 g/mol. The average Bonchev–Trinajstić information content (AvgIpc) is 3.10. The number of aromatic nitrogens is 2. The summed E-state index contributed by atoms with van der Waals surface area (Å²) in [6.45, 7) is 3.72. The molecule has 1 saturated heterocycles. The summed E-state index contributed by atoms with van der Waals surface area (Å²) in [5.41, 5.74) is 2.28. The Bertz CT molecular complexity index is 727. The van der Waals surface area contributed by atoms with Gasteiger partial charge in [0.25, 0.3) is 0 Å². The second kappa shape index (κ2) is 6.47. The van der Waals surface area contributed by atoms with E-state index in [1.165, 1.54) is 5.56 Å². The van der Waals surface area contributed by atoms with Crippen LogP contribution in [0.15, 0.2) is 36.7 Å². The van der Waals surface area contributed by atoms with Crippen molar-refractivity contribution in [3.8, 4) is 5.75 Å². The summed E-state index contributed by atoms with van der Waals surface area (Å²) in [5.74, 6) is 1.88. The minimum absolute atomic E-state index is 0.183. The third-order valence-corrected chi connectivity index (χ3v) is 4.58. The van der Waals surface area contributed by atoms with Crippen LogP contribution >= 0.6 is 0 Å². The van der Waals surface area contributed by atoms with Gasteiger partial charge in [-0.25, -0.2) is 9.97 Å². The normalized spacial score (nSPS) is 16.7. The first kappa shape index (κ1) is 14.9. The van der Waals surface area contributed by atoms with Gasteiger partial charge < -0.3 is 14.5 Å². The quantitative estimate of drug-likeness (QED) is 0.852. The molecule has 3 heterocycles. The van der Waals surface area contributed by atoms with Gasteiger partial charge in [-0.2, -0.15) is 0 Å². The van der Waals surface area contributed by atoms with Crippen molar-refractivity contribution in [1.82, 2.24) is 14.9 Å². The van der Waals surface area contributed by atoms with E-state index in [9.17, 15) is 4.79 Å². The van der Waals surface area contributed by atoms with Crippen molar-refractivity contribution in [3.05, 3.63) is 47.8 Å². The topological polar surface area (TPSA) is 58.6 Å². The van der Waals surface area contributed by atoms with Crippen molar-refractivity contribution in [2.75, 3.05) is 37.7 Å². The van der Waals surface area contributed by atoms with Gasteiger partial charge in [-0.15, -0.1) is 0 Å². The SMILES string of the molecule is O=C(Cc1ccc2c(c1)CCO2)N1CCN(c2ncccn2)CC1. The number of rotatable bonds is 3. The van der Waals surface area contributed by atoms with Crippen LogP contribution in [0.1, 0.15) is 11.1 Å². The number of benzene rings is 1. The lowest BCUT2D eigenvalue weighted by Crippen LogP contribution is -2.49. The summed E-state index contributed by atoms with van der Waals surface area (Å²) in [4.78, 5) is 25.2. The molecule has 1 aromatic carbocycles. The lowest BCUT2D eigenvalue weighted by Gasteiger charge is -2.34. The lowest BCUT2D eigenvalue weighted by atomic mass is 10.1. The van der Waals surface area contributed by atoms with E-state index in [0.717, 1.165) is 43.4 Å². The maximum atomic E-state index is 12.6. The zero-order valence-electron chi connectivity index (χ0n) is 13.5. The molecule has 0 spiro atoms. The van der Waals surface area contributed by atoms with Crippen molar-refractivity contribution >= 4 is 11.9 Å². The molecule has 2 aliphatic rings. The lowest BCUT2D eigenvalue weighted by molar-refractivity contribution is -0.130. The van der Waals surface area contributed by atoms with E-state index in [0.29, 0.717) is 19.5 Å². The van der Waals surface area contributed by atoms with Crippen LogP contribution in [0.2, 0.25) is 0 Å². The predicted octanol–water partition coefficient (Wildman–Crippen LogP) is 1.30. The van der Waals surface area contributed by atoms with Crippen LogP contribution in [0.25, 0.3) is 0 Å². The Hall–Kier alpha value is -2.63. The molecule has 6 nitrogen and oxygen atoms in total. The Kier molecular flexibility index (Phi) is 4.02. The number of carbonyl (C=O) groups excluding carboxylic acids is 1. The molecule has 0 bridgehead atoms. The van der Waals surface area contributed by atoms with Crippen LogP contribution in [0, 0.1) is 0 Å². The van der Waals surface area contributed by atoms with Gasteiger partial charge in [0.15, 0.2) is 0 Å². The molecule has 1 aromatic heterocycles. The van der Waals surface area contributed by atoms with E-state index >= 15 is 0 Å². The Morgan fingerprint density at radius 1 is 1.12 bits per heavy atom. The zero-order valence-corrected chi connectivity index (χ0v) is 13.5. The second-order valence-corrected chi connectivity index (χ2v) is 6.13. The predicted molar refractivity (Wildman–Crippen MR) is 90.2 cm³/mol. The monoisotopic (exact) mass is 324 g/mol. The summed E-state index contributed by atoms with van der Waals surface area (Å²) in [6.07, 6.45) is 4.89. The number of piperazine rings is 1. The van der Waals surface area contributed by atoms with Crippen molar-refractivity contribution < 1.29 is 9.53 Å². The van der Waals surface area contributed by atoms with E-state index in [1.807, 2.05) is 23.1 Å². The number of fused-ring (bicyclic) bond motifs is 1. The number of carbonyl (C=O) groups is 1. The maximum Gasteiger partial charge on any atom is 0.227 e. The molecule has 6 heteroatoms. The summed E-state index contributed by atoms with van der Waals surface area (Å²) in [5, 5.41) is 0. The van der Waals surface area contributed by atoms with Crippen LogP contribution in [0.4, 0.5) is 5.95 Å². The van der Waals surface area contributed by atoms with Crippen molar-refractivity contribution in [2.24, 2.45) is 0 Å². The highest BCUT2D eigenvalue weighted by Gasteiger charge is 2.23. The molecule has 1 fully saturated rings. The van der Waals surface area contributed by atoms with Crippen LogP contribution in [-0.2, 0) is 17.6 Å². The Balaban J connectivity index is 1.35. The van der Waals surface area contributed by atoms with E-state index in [2.05, 4.69) is 20.9 Å². The van der Waals surface area contributed by atoms with Crippen LogP contribution < -0.4 is 9.64 Å². The van der Waals surface area contributed by atoms with Crippen LogP contribution in [0.3, 0.4) is 0 Å². The third kappa shape index (κ3) is 3.04. The summed E-state index contributed by atoms with van der Waals surface area (Å²) >= 11 is 0. The van der Waals surface area contributed by atoms with Gasteiger partial charge in [-0.05, 0) is 23.3 Å². The largest absolute Gasteiger partial charge is 0.493 e. The fourth-order valence-electron chi connectivity index (χ4n) is 3.25. The fraction of sp³-hybridized carbons (Fsp3) is 0.389. The highest BCUT2D eigenvalue weighted by Crippen LogP contribution is 2.26. The Morgan fingerprint density at radius 3 is 2.71 bits per heavy atom. The highest BCUT2D eigenvalue weighted by atomic mass is 16.5. The van der Waals surface area contributed by atoms with Gasteiger partial charge >= 0.3 is 0 Å². The number of hydrogen-bond donors (Lipinski definition) is 0. The minimum atomic E-state index is 0.183.